The van der Waals surface area contributed by atoms with Crippen molar-refractivity contribution in [2.24, 2.45) is 5.92 Å². The number of hydrogen-bond donors (Lipinski definition) is 0. The van der Waals surface area contributed by atoms with Gasteiger partial charge in [0.05, 0.1) is 0 Å². The van der Waals surface area contributed by atoms with Crippen LogP contribution in [-0.4, -0.2) is 6.88 Å². The Kier molecular flexibility index (Phi) is 19.9. The van der Waals surface area contributed by atoms with E-state index < -0.39 is 0 Å². The number of benzene rings is 4. The van der Waals surface area contributed by atoms with Crippen molar-refractivity contribution < 1.29 is 23.3 Å². The van der Waals surface area contributed by atoms with Crippen LogP contribution in [0.25, 0.3) is 43.8 Å². The van der Waals surface area contributed by atoms with Crippen LogP contribution in [0.15, 0.2) is 109 Å². The molecule has 0 spiro atoms. The van der Waals surface area contributed by atoms with Crippen molar-refractivity contribution in [2.45, 2.75) is 97.8 Å². The standard InChI is InChI=1S/C26H31.C20H21.2CH3.2ClH.Si.Zr/c1-18-8-10-19(11-9-18)22-16-21-6-5-7-24(25(21)17-22)20-12-14-23(15-13-20)26(2,3)4;1-4-15(3)16-8-10-17(11-9-16)19-7-5-6-18-12-14(2)13-20(18)19;;;;;;/h5-7,12-19H,8-11H2,1-4H3;5-13,15H,4H2,1-3H3;2*1H3;2*1H;;/q4*-1;;;;. The van der Waals surface area contributed by atoms with Crippen molar-refractivity contribution in [3.63, 3.8) is 0 Å². The first-order chi connectivity index (χ1) is 23.1. The van der Waals surface area contributed by atoms with E-state index in [1.807, 2.05) is 0 Å². The zero-order valence-electron chi connectivity index (χ0n) is 33.0. The molecule has 0 bridgehead atoms. The number of aryl methyl sites for hydroxylation is 1. The van der Waals surface area contributed by atoms with Crippen molar-refractivity contribution in [2.75, 3.05) is 0 Å². The maximum atomic E-state index is 3.06. The molecule has 0 N–H and O–H groups in total. The number of hydrogen-bond acceptors (Lipinski definition) is 0. The van der Waals surface area contributed by atoms with Gasteiger partial charge in [0, 0.05) is 0 Å². The predicted molar refractivity (Wildman–Crippen MR) is 236 cm³/mol. The van der Waals surface area contributed by atoms with E-state index in [2.05, 4.69) is 165 Å². The third-order valence-electron chi connectivity index (χ3n) is 10.6. The molecule has 0 aliphatic heterocycles. The molecular weight excluding hydrogens is 767 g/mol. The van der Waals surface area contributed by atoms with Gasteiger partial charge in [0.15, 0.2) is 0 Å². The van der Waals surface area contributed by atoms with Gasteiger partial charge in [0.1, 0.15) is 0 Å². The molecule has 1 unspecified atom stereocenters. The summed E-state index contributed by atoms with van der Waals surface area (Å²) in [6.07, 6.45) is 6.66. The van der Waals surface area contributed by atoms with E-state index in [9.17, 15) is 0 Å². The van der Waals surface area contributed by atoms with Gasteiger partial charge >= 0.3 is 30.2 Å². The van der Waals surface area contributed by atoms with Crippen molar-refractivity contribution >= 4 is 53.2 Å². The van der Waals surface area contributed by atoms with E-state index in [1.165, 1.54) is 116 Å². The molecule has 0 nitrogen and oxygen atoms in total. The Bertz CT molecular complexity index is 1920. The third kappa shape index (κ3) is 11.4. The molecular formula is C48H60Cl2SiZr-4. The fourth-order valence-electron chi connectivity index (χ4n) is 7.35. The van der Waals surface area contributed by atoms with Crippen molar-refractivity contribution in [1.82, 2.24) is 0 Å². The second-order valence-corrected chi connectivity index (χ2v) is 15.2. The average molecular weight is 827 g/mol. The Morgan fingerprint density at radius 2 is 1.19 bits per heavy atom. The minimum atomic E-state index is 0. The van der Waals surface area contributed by atoms with Gasteiger partial charge in [-0.2, -0.15) is 12.1 Å². The van der Waals surface area contributed by atoms with Crippen LogP contribution in [0.2, 0.25) is 0 Å². The first-order valence-electron chi connectivity index (χ1n) is 17.9. The molecule has 6 aromatic carbocycles. The van der Waals surface area contributed by atoms with Gasteiger partial charge in [-0.25, -0.2) is 0 Å². The molecule has 1 aliphatic rings. The van der Waals surface area contributed by atoms with Crippen molar-refractivity contribution in [3.8, 4) is 22.3 Å². The molecule has 1 saturated carbocycles. The molecule has 0 saturated heterocycles. The topological polar surface area (TPSA) is 0 Å². The van der Waals surface area contributed by atoms with Crippen LogP contribution in [-0.2, 0) is 28.8 Å². The monoisotopic (exact) mass is 824 g/mol. The quantitative estimate of drug-likeness (QED) is 0.120. The molecule has 4 heteroatoms. The molecule has 278 valence electrons. The molecule has 0 heterocycles. The Balaban J connectivity index is 0.000000474. The summed E-state index contributed by atoms with van der Waals surface area (Å²) >= 11 is 1.36. The third-order valence-corrected chi connectivity index (χ3v) is 10.6. The zero-order chi connectivity index (χ0) is 34.4. The number of halogens is 2. The summed E-state index contributed by atoms with van der Waals surface area (Å²) in [5.41, 5.74) is 11.3. The second-order valence-electron chi connectivity index (χ2n) is 15.2. The van der Waals surface area contributed by atoms with Crippen molar-refractivity contribution in [1.29, 1.82) is 0 Å². The van der Waals surface area contributed by atoms with Gasteiger partial charge in [-0.3, -0.25) is 0 Å². The second kappa shape index (κ2) is 21.6. The van der Waals surface area contributed by atoms with E-state index in [1.54, 1.807) is 5.56 Å². The fraction of sp³-hybridized carbons (Fsp3) is 0.333. The van der Waals surface area contributed by atoms with Gasteiger partial charge in [0.25, 0.3) is 0 Å². The molecule has 6 aromatic rings. The molecule has 7 rings (SSSR count). The zero-order valence-corrected chi connectivity index (χ0v) is 38.1. The van der Waals surface area contributed by atoms with Gasteiger partial charge in [-0.15, -0.1) is 93.9 Å². The molecule has 0 aromatic heterocycles. The summed E-state index contributed by atoms with van der Waals surface area (Å²) in [6, 6.07) is 41.0. The van der Waals surface area contributed by atoms with Gasteiger partial charge in [0.2, 0.25) is 0 Å². The number of rotatable bonds is 5. The molecule has 0 amide bonds. The summed E-state index contributed by atoms with van der Waals surface area (Å²) in [5, 5.41) is 5.52. The van der Waals surface area contributed by atoms with Crippen LogP contribution < -0.4 is 0 Å². The van der Waals surface area contributed by atoms with E-state index in [4.69, 9.17) is 0 Å². The summed E-state index contributed by atoms with van der Waals surface area (Å²) in [7, 11) is 0. The Labute approximate surface area is 346 Å². The van der Waals surface area contributed by atoms with E-state index in [-0.39, 0.29) is 45.1 Å². The maximum absolute atomic E-state index is 3.06. The first kappa shape index (κ1) is 47.8. The summed E-state index contributed by atoms with van der Waals surface area (Å²) < 4.78 is 0. The average Bonchev–Trinajstić information content (AvgIpc) is 3.72. The SMILES string of the molecule is CC1CCC(c2cc3c(-c4ccc(C(C)(C)C)cc4)cccc3[cH-]2)CC1.CCC(C)c1ccc(-c2cccc3[cH-]c(C)cc23)cc1.Cl.Cl.[CH3-].[CH3-].[Si]=[Zr]. The van der Waals surface area contributed by atoms with Crippen LogP contribution in [0.4, 0.5) is 0 Å². The Morgan fingerprint density at radius 1 is 0.712 bits per heavy atom. The Hall–Kier alpha value is -2.22. The summed E-state index contributed by atoms with van der Waals surface area (Å²) in [5.74, 6) is 2.31. The van der Waals surface area contributed by atoms with Gasteiger partial charge in [-0.05, 0) is 64.7 Å². The predicted octanol–water partition coefficient (Wildman–Crippen LogP) is 15.2. The molecule has 52 heavy (non-hydrogen) atoms. The first-order valence-corrected chi connectivity index (χ1v) is 22.1. The van der Waals surface area contributed by atoms with E-state index in [0.29, 0.717) is 5.92 Å². The molecule has 1 atom stereocenters. The molecule has 1 fully saturated rings. The van der Waals surface area contributed by atoms with E-state index in [0.717, 1.165) is 11.8 Å². The van der Waals surface area contributed by atoms with Gasteiger partial charge in [-0.1, -0.05) is 133 Å². The van der Waals surface area contributed by atoms with Crippen LogP contribution in [0, 0.1) is 27.7 Å². The molecule has 2 radical (unpaired) electrons. The summed E-state index contributed by atoms with van der Waals surface area (Å²) in [4.78, 5) is 0. The van der Waals surface area contributed by atoms with E-state index >= 15 is 0 Å². The van der Waals surface area contributed by atoms with Gasteiger partial charge < -0.3 is 14.9 Å². The van der Waals surface area contributed by atoms with Crippen LogP contribution in [0.3, 0.4) is 0 Å². The fourth-order valence-corrected chi connectivity index (χ4v) is 7.35. The normalized spacial score (nSPS) is 15.6. The van der Waals surface area contributed by atoms with Crippen LogP contribution in [0.5, 0.6) is 0 Å². The molecule has 1 aliphatic carbocycles. The summed E-state index contributed by atoms with van der Waals surface area (Å²) in [6.45, 7) is 19.0. The minimum absolute atomic E-state index is 0. The Morgan fingerprint density at radius 3 is 1.69 bits per heavy atom. The van der Waals surface area contributed by atoms with Crippen LogP contribution in [0.1, 0.15) is 108 Å². The number of fused-ring (bicyclic) bond motifs is 2. The van der Waals surface area contributed by atoms with Crippen molar-refractivity contribution in [3.05, 3.63) is 146 Å². The van der Waals surface area contributed by atoms with Crippen LogP contribution >= 0.6 is 24.8 Å².